The summed E-state index contributed by atoms with van der Waals surface area (Å²) in [5.74, 6) is 0. The van der Waals surface area contributed by atoms with Crippen LogP contribution in [0.5, 0.6) is 0 Å². The van der Waals surface area contributed by atoms with E-state index >= 15 is 0 Å². The summed E-state index contributed by atoms with van der Waals surface area (Å²) < 4.78 is 0. The summed E-state index contributed by atoms with van der Waals surface area (Å²) in [6.07, 6.45) is 9.26. The largest absolute Gasteiger partial charge is 0.392 e. The minimum absolute atomic E-state index is 0. The molecule has 3 heteroatoms. The van der Waals surface area contributed by atoms with Gasteiger partial charge in [0, 0.05) is 29.6 Å². The molecule has 0 saturated carbocycles. The van der Waals surface area contributed by atoms with Crippen LogP contribution in [0.3, 0.4) is 0 Å². The van der Waals surface area contributed by atoms with Crippen LogP contribution in [0.4, 0.5) is 0 Å². The molecule has 0 heterocycles. The van der Waals surface area contributed by atoms with Gasteiger partial charge in [-0.25, -0.2) is 0 Å². The first-order chi connectivity index (χ1) is 6.35. The molecule has 0 aromatic rings. The molecule has 14 heavy (non-hydrogen) atoms. The predicted molar refractivity (Wildman–Crippen MR) is 61.4 cm³/mol. The van der Waals surface area contributed by atoms with Crippen molar-refractivity contribution in [1.29, 1.82) is 0 Å². The van der Waals surface area contributed by atoms with Crippen molar-refractivity contribution in [3.05, 3.63) is 11.6 Å². The second-order valence-corrected chi connectivity index (χ2v) is 3.38. The quantitative estimate of drug-likeness (QED) is 0.364. The summed E-state index contributed by atoms with van der Waals surface area (Å²) in [6.45, 7) is 2.19. The minimum Gasteiger partial charge on any atom is -0.392 e. The van der Waals surface area contributed by atoms with Crippen LogP contribution in [0, 0.1) is 0 Å². The maximum atomic E-state index is 8.74. The molecular weight excluding hydrogens is 187 g/mol. The Labute approximate surface area is 110 Å². The summed E-state index contributed by atoms with van der Waals surface area (Å²) in [6, 6.07) is 0. The molecule has 0 spiro atoms. The number of hydrogen-bond donors (Lipinski definition) is 2. The summed E-state index contributed by atoms with van der Waals surface area (Å²) in [5, 5.41) is 17.5. The fourth-order valence-electron chi connectivity index (χ4n) is 1.23. The number of aliphatic hydroxyl groups excluding tert-OH is 2. The Morgan fingerprint density at radius 2 is 1.57 bits per heavy atom. The molecule has 79 valence electrons. The van der Waals surface area contributed by atoms with Crippen LogP contribution in [0.2, 0.25) is 0 Å². The van der Waals surface area contributed by atoms with E-state index in [-0.39, 0.29) is 42.8 Å². The Balaban J connectivity index is 0. The monoisotopic (exact) mass is 209 g/mol. The van der Waals surface area contributed by atoms with Crippen molar-refractivity contribution in [2.24, 2.45) is 0 Å². The summed E-state index contributed by atoms with van der Waals surface area (Å²) in [7, 11) is 0. The zero-order chi connectivity index (χ0) is 9.94. The number of aliphatic hydroxyl groups is 2. The van der Waals surface area contributed by atoms with Gasteiger partial charge in [0.2, 0.25) is 0 Å². The van der Waals surface area contributed by atoms with Crippen molar-refractivity contribution in [2.45, 2.75) is 45.4 Å². The van der Waals surface area contributed by atoms with E-state index in [2.05, 4.69) is 6.92 Å². The Morgan fingerprint density at radius 3 is 2.07 bits per heavy atom. The summed E-state index contributed by atoms with van der Waals surface area (Å²) >= 11 is 0. The molecule has 0 aliphatic carbocycles. The van der Waals surface area contributed by atoms with Gasteiger partial charge in [0.15, 0.2) is 0 Å². The van der Waals surface area contributed by atoms with Crippen LogP contribution < -0.4 is 0 Å². The van der Waals surface area contributed by atoms with E-state index in [0.717, 1.165) is 12.0 Å². The Morgan fingerprint density at radius 1 is 1.00 bits per heavy atom. The fraction of sp³-hybridized carbons (Fsp3) is 0.818. The van der Waals surface area contributed by atoms with Crippen LogP contribution in [0.25, 0.3) is 0 Å². The van der Waals surface area contributed by atoms with E-state index in [9.17, 15) is 0 Å². The Bertz CT molecular complexity index is 129. The average Bonchev–Trinajstić information content (AvgIpc) is 2.17. The van der Waals surface area contributed by atoms with Gasteiger partial charge in [-0.3, -0.25) is 0 Å². The van der Waals surface area contributed by atoms with Crippen LogP contribution in [-0.2, 0) is 0 Å². The van der Waals surface area contributed by atoms with E-state index < -0.39 is 0 Å². The molecule has 0 fully saturated rings. The van der Waals surface area contributed by atoms with Gasteiger partial charge in [-0.05, 0) is 18.4 Å². The predicted octanol–water partition coefficient (Wildman–Crippen LogP) is 1.88. The van der Waals surface area contributed by atoms with Gasteiger partial charge < -0.3 is 10.2 Å². The second-order valence-electron chi connectivity index (χ2n) is 3.38. The van der Waals surface area contributed by atoms with E-state index in [0.29, 0.717) is 0 Å². The first kappa shape index (κ1) is 17.1. The van der Waals surface area contributed by atoms with Crippen LogP contribution in [-0.4, -0.2) is 53.0 Å². The van der Waals surface area contributed by atoms with Crippen molar-refractivity contribution >= 4 is 29.6 Å². The van der Waals surface area contributed by atoms with Gasteiger partial charge >= 0.3 is 0 Å². The molecular formula is C11H22NaO2. The van der Waals surface area contributed by atoms with Crippen LogP contribution >= 0.6 is 0 Å². The fourth-order valence-corrected chi connectivity index (χ4v) is 1.23. The normalized spacial score (nSPS) is 9.36. The van der Waals surface area contributed by atoms with Crippen molar-refractivity contribution in [2.75, 3.05) is 13.2 Å². The third kappa shape index (κ3) is 10.7. The van der Waals surface area contributed by atoms with Crippen molar-refractivity contribution in [3.63, 3.8) is 0 Å². The standard InChI is InChI=1S/C11H22O2.Na/c1-2-3-4-5-6-7-8-11(9-12)10-13;/h8,12-13H,2-7,9-10H2,1H3;. The first-order valence-electron chi connectivity index (χ1n) is 5.24. The average molecular weight is 209 g/mol. The molecule has 0 unspecified atom stereocenters. The number of unbranched alkanes of at least 4 members (excludes halogenated alkanes) is 5. The third-order valence-electron chi connectivity index (χ3n) is 2.15. The maximum absolute atomic E-state index is 8.74. The van der Waals surface area contributed by atoms with Gasteiger partial charge in [0.1, 0.15) is 0 Å². The zero-order valence-corrected chi connectivity index (χ0v) is 11.6. The third-order valence-corrected chi connectivity index (χ3v) is 2.15. The molecule has 2 nitrogen and oxygen atoms in total. The zero-order valence-electron chi connectivity index (χ0n) is 9.63. The number of hydrogen-bond acceptors (Lipinski definition) is 2. The van der Waals surface area contributed by atoms with E-state index in [1.165, 1.54) is 32.1 Å². The molecule has 0 bridgehead atoms. The topological polar surface area (TPSA) is 40.5 Å². The first-order valence-corrected chi connectivity index (χ1v) is 5.24. The van der Waals surface area contributed by atoms with Gasteiger partial charge in [0.25, 0.3) is 0 Å². The van der Waals surface area contributed by atoms with Crippen LogP contribution in [0.1, 0.15) is 45.4 Å². The Hall–Kier alpha value is 0.660. The smallest absolute Gasteiger partial charge is 0.0663 e. The minimum atomic E-state index is -0.00847. The SMILES string of the molecule is CCCCCCCC=C(CO)CO.[Na]. The molecule has 0 aromatic heterocycles. The molecule has 1 radical (unpaired) electrons. The molecule has 0 aromatic carbocycles. The maximum Gasteiger partial charge on any atom is 0.0663 e. The molecule has 2 N–H and O–H groups in total. The van der Waals surface area contributed by atoms with Crippen molar-refractivity contribution in [1.82, 2.24) is 0 Å². The summed E-state index contributed by atoms with van der Waals surface area (Å²) in [4.78, 5) is 0. The van der Waals surface area contributed by atoms with Crippen molar-refractivity contribution in [3.8, 4) is 0 Å². The van der Waals surface area contributed by atoms with Gasteiger partial charge in [-0.2, -0.15) is 0 Å². The van der Waals surface area contributed by atoms with Crippen molar-refractivity contribution < 1.29 is 10.2 Å². The van der Waals surface area contributed by atoms with E-state index in [1.807, 2.05) is 6.08 Å². The van der Waals surface area contributed by atoms with Gasteiger partial charge in [-0.15, -0.1) is 0 Å². The molecule has 0 aliphatic rings. The van der Waals surface area contributed by atoms with E-state index in [4.69, 9.17) is 10.2 Å². The molecule has 0 rings (SSSR count). The second kappa shape index (κ2) is 13.7. The van der Waals surface area contributed by atoms with Crippen LogP contribution in [0.15, 0.2) is 11.6 Å². The Kier molecular flexibility index (Phi) is 16.7. The molecule has 0 atom stereocenters. The van der Waals surface area contributed by atoms with E-state index in [1.54, 1.807) is 0 Å². The molecule has 0 amide bonds. The number of allylic oxidation sites excluding steroid dienone is 1. The molecule has 0 saturated heterocycles. The number of rotatable bonds is 8. The molecule has 0 aliphatic heterocycles. The van der Waals surface area contributed by atoms with Gasteiger partial charge in [-0.1, -0.05) is 38.7 Å². The van der Waals surface area contributed by atoms with Gasteiger partial charge in [0.05, 0.1) is 13.2 Å². The summed E-state index contributed by atoms with van der Waals surface area (Å²) in [5.41, 5.74) is 0.746.